The van der Waals surface area contributed by atoms with E-state index in [0.29, 0.717) is 11.5 Å². The Hall–Kier alpha value is -0.570. The van der Waals surface area contributed by atoms with Gasteiger partial charge in [0.05, 0.1) is 0 Å². The summed E-state index contributed by atoms with van der Waals surface area (Å²) in [5, 5.41) is 3.51. The first-order valence-corrected chi connectivity index (χ1v) is 7.18. The molecule has 0 bridgehead atoms. The van der Waals surface area contributed by atoms with Crippen LogP contribution in [0, 0.1) is 5.41 Å². The van der Waals surface area contributed by atoms with E-state index in [1.165, 1.54) is 38.0 Å². The number of fused-ring (bicyclic) bond motifs is 1. The fraction of sp³-hybridized carbons (Fsp3) is 0.625. The molecule has 3 rings (SSSR count). The number of nitrogens with one attached hydrogen (secondary N) is 1. The average molecular weight is 281 g/mol. The van der Waals surface area contributed by atoms with Gasteiger partial charge in [0.1, 0.15) is 0 Å². The molecule has 0 saturated carbocycles. The van der Waals surface area contributed by atoms with Crippen molar-refractivity contribution < 1.29 is 0 Å². The topological polar surface area (TPSA) is 15.3 Å². The van der Waals surface area contributed by atoms with Gasteiger partial charge in [0.2, 0.25) is 0 Å². The van der Waals surface area contributed by atoms with Gasteiger partial charge in [-0.25, -0.2) is 0 Å². The predicted molar refractivity (Wildman–Crippen MR) is 82.9 cm³/mol. The highest BCUT2D eigenvalue weighted by Crippen LogP contribution is 2.30. The van der Waals surface area contributed by atoms with Gasteiger partial charge in [-0.2, -0.15) is 0 Å². The summed E-state index contributed by atoms with van der Waals surface area (Å²) >= 11 is 0. The highest BCUT2D eigenvalue weighted by atomic mass is 35.5. The van der Waals surface area contributed by atoms with Gasteiger partial charge in [-0.05, 0) is 42.9 Å². The van der Waals surface area contributed by atoms with Gasteiger partial charge in [-0.1, -0.05) is 31.2 Å². The quantitative estimate of drug-likeness (QED) is 0.896. The van der Waals surface area contributed by atoms with Crippen LogP contribution in [-0.4, -0.2) is 30.6 Å². The number of benzene rings is 1. The van der Waals surface area contributed by atoms with Crippen LogP contribution >= 0.6 is 12.4 Å². The molecule has 3 heteroatoms. The molecule has 2 atom stereocenters. The second-order valence-electron chi connectivity index (χ2n) is 6.46. The van der Waals surface area contributed by atoms with Gasteiger partial charge < -0.3 is 5.32 Å². The molecular formula is C16H25ClN2. The van der Waals surface area contributed by atoms with Crippen LogP contribution in [0.15, 0.2) is 24.3 Å². The lowest BCUT2D eigenvalue weighted by Gasteiger charge is -2.39. The van der Waals surface area contributed by atoms with Crippen LogP contribution in [0.5, 0.6) is 0 Å². The highest BCUT2D eigenvalue weighted by Gasteiger charge is 2.33. The van der Waals surface area contributed by atoms with E-state index in [1.807, 2.05) is 0 Å². The minimum Gasteiger partial charge on any atom is -0.316 e. The lowest BCUT2D eigenvalue weighted by atomic mass is 9.86. The smallest absolute Gasteiger partial charge is 0.0239 e. The first kappa shape index (κ1) is 14.8. The first-order valence-electron chi connectivity index (χ1n) is 7.18. The minimum absolute atomic E-state index is 0. The Balaban J connectivity index is 0.00000133. The Bertz CT molecular complexity index is 427. The molecule has 1 N–H and O–H groups in total. The zero-order valence-electron chi connectivity index (χ0n) is 12.0. The Morgan fingerprint density at radius 1 is 1.32 bits per heavy atom. The normalized spacial score (nSPS) is 30.7. The molecule has 2 heterocycles. The molecule has 1 aromatic rings. The Morgan fingerprint density at radius 2 is 2.05 bits per heavy atom. The molecule has 2 nitrogen and oxygen atoms in total. The van der Waals surface area contributed by atoms with Crippen molar-refractivity contribution in [2.75, 3.05) is 19.6 Å². The summed E-state index contributed by atoms with van der Waals surface area (Å²) in [6.45, 7) is 9.54. The van der Waals surface area contributed by atoms with Gasteiger partial charge >= 0.3 is 0 Å². The van der Waals surface area contributed by atoms with E-state index in [0.717, 1.165) is 6.54 Å². The maximum atomic E-state index is 3.51. The summed E-state index contributed by atoms with van der Waals surface area (Å²) in [5.41, 5.74) is 3.56. The minimum atomic E-state index is 0. The third kappa shape index (κ3) is 3.13. The average Bonchev–Trinajstić information content (AvgIpc) is 2.77. The SMILES string of the molecule is CC1Cc2ccccc2CN1CC1(C)CCNC1.Cl. The molecule has 19 heavy (non-hydrogen) atoms. The van der Waals surface area contributed by atoms with Crippen molar-refractivity contribution in [2.24, 2.45) is 5.41 Å². The van der Waals surface area contributed by atoms with Gasteiger partial charge in [0.15, 0.2) is 0 Å². The molecule has 0 aliphatic carbocycles. The fourth-order valence-corrected chi connectivity index (χ4v) is 3.44. The van der Waals surface area contributed by atoms with Crippen molar-refractivity contribution >= 4 is 12.4 Å². The maximum absolute atomic E-state index is 3.51. The van der Waals surface area contributed by atoms with Gasteiger partial charge in [0.25, 0.3) is 0 Å². The van der Waals surface area contributed by atoms with Crippen LogP contribution in [0.4, 0.5) is 0 Å². The molecule has 106 valence electrons. The molecule has 1 aromatic carbocycles. The first-order chi connectivity index (χ1) is 8.66. The molecule has 1 saturated heterocycles. The summed E-state index contributed by atoms with van der Waals surface area (Å²) in [4.78, 5) is 2.68. The Morgan fingerprint density at radius 3 is 2.74 bits per heavy atom. The van der Waals surface area contributed by atoms with Crippen molar-refractivity contribution in [1.29, 1.82) is 0 Å². The van der Waals surface area contributed by atoms with Gasteiger partial charge in [0, 0.05) is 25.7 Å². The Labute approximate surface area is 123 Å². The molecule has 0 spiro atoms. The molecule has 2 unspecified atom stereocenters. The largest absolute Gasteiger partial charge is 0.316 e. The van der Waals surface area contributed by atoms with E-state index in [1.54, 1.807) is 5.56 Å². The standard InChI is InChI=1S/C16H24N2.ClH/c1-13-9-14-5-3-4-6-15(14)10-18(13)12-16(2)7-8-17-11-16;/h3-6,13,17H,7-12H2,1-2H3;1H. The van der Waals surface area contributed by atoms with E-state index < -0.39 is 0 Å². The summed E-state index contributed by atoms with van der Waals surface area (Å²) < 4.78 is 0. The molecule has 0 aromatic heterocycles. The molecular weight excluding hydrogens is 256 g/mol. The van der Waals surface area contributed by atoms with Crippen molar-refractivity contribution in [3.05, 3.63) is 35.4 Å². The van der Waals surface area contributed by atoms with Crippen molar-refractivity contribution in [1.82, 2.24) is 10.2 Å². The monoisotopic (exact) mass is 280 g/mol. The zero-order chi connectivity index (χ0) is 12.6. The predicted octanol–water partition coefficient (Wildman–Crippen LogP) is 2.85. The molecule has 0 amide bonds. The van der Waals surface area contributed by atoms with Gasteiger partial charge in [-0.15, -0.1) is 12.4 Å². The number of hydrogen-bond donors (Lipinski definition) is 1. The molecule has 1 fully saturated rings. The summed E-state index contributed by atoms with van der Waals surface area (Å²) in [5.74, 6) is 0. The third-order valence-electron chi connectivity index (χ3n) is 4.67. The number of hydrogen-bond acceptors (Lipinski definition) is 2. The van der Waals surface area contributed by atoms with Crippen molar-refractivity contribution in [2.45, 2.75) is 39.3 Å². The van der Waals surface area contributed by atoms with Crippen LogP contribution in [0.2, 0.25) is 0 Å². The fourth-order valence-electron chi connectivity index (χ4n) is 3.44. The van der Waals surface area contributed by atoms with E-state index in [4.69, 9.17) is 0 Å². The van der Waals surface area contributed by atoms with E-state index in [-0.39, 0.29) is 12.4 Å². The maximum Gasteiger partial charge on any atom is 0.0239 e. The van der Waals surface area contributed by atoms with Crippen LogP contribution in [0.25, 0.3) is 0 Å². The lowest BCUT2D eigenvalue weighted by molar-refractivity contribution is 0.119. The molecule has 2 aliphatic heterocycles. The summed E-state index contributed by atoms with van der Waals surface area (Å²) in [6, 6.07) is 9.61. The Kier molecular flexibility index (Phi) is 4.54. The second-order valence-corrected chi connectivity index (χ2v) is 6.46. The molecule has 2 aliphatic rings. The number of rotatable bonds is 2. The lowest BCUT2D eigenvalue weighted by Crippen LogP contribution is -2.45. The second kappa shape index (κ2) is 5.82. The number of halogens is 1. The van der Waals surface area contributed by atoms with Crippen molar-refractivity contribution in [3.63, 3.8) is 0 Å². The van der Waals surface area contributed by atoms with E-state index in [2.05, 4.69) is 48.3 Å². The highest BCUT2D eigenvalue weighted by molar-refractivity contribution is 5.85. The van der Waals surface area contributed by atoms with E-state index >= 15 is 0 Å². The summed E-state index contributed by atoms with van der Waals surface area (Å²) in [6.07, 6.45) is 2.53. The van der Waals surface area contributed by atoms with Crippen LogP contribution in [-0.2, 0) is 13.0 Å². The molecule has 0 radical (unpaired) electrons. The van der Waals surface area contributed by atoms with Crippen LogP contribution in [0.3, 0.4) is 0 Å². The van der Waals surface area contributed by atoms with Crippen LogP contribution < -0.4 is 5.32 Å². The summed E-state index contributed by atoms with van der Waals surface area (Å²) in [7, 11) is 0. The zero-order valence-corrected chi connectivity index (χ0v) is 12.8. The van der Waals surface area contributed by atoms with E-state index in [9.17, 15) is 0 Å². The van der Waals surface area contributed by atoms with Crippen molar-refractivity contribution in [3.8, 4) is 0 Å². The number of nitrogens with zero attached hydrogens (tertiary/aromatic N) is 1. The van der Waals surface area contributed by atoms with Crippen LogP contribution in [0.1, 0.15) is 31.4 Å². The third-order valence-corrected chi connectivity index (χ3v) is 4.67. The van der Waals surface area contributed by atoms with Gasteiger partial charge in [-0.3, -0.25) is 4.90 Å².